The predicted octanol–water partition coefficient (Wildman–Crippen LogP) is 1.31. The quantitative estimate of drug-likeness (QED) is 0.848. The summed E-state index contributed by atoms with van der Waals surface area (Å²) >= 11 is 0. The van der Waals surface area contributed by atoms with Gasteiger partial charge in [0.05, 0.1) is 5.92 Å². The monoisotopic (exact) mass is 281 g/mol. The normalized spacial score (nSPS) is 20.1. The van der Waals surface area contributed by atoms with E-state index in [1.807, 2.05) is 0 Å². The summed E-state index contributed by atoms with van der Waals surface area (Å²) in [5.41, 5.74) is 0. The first-order valence-corrected chi connectivity index (χ1v) is 7.66. The number of hydrogen-bond acceptors (Lipinski definition) is 6. The van der Waals surface area contributed by atoms with E-state index in [1.165, 1.54) is 0 Å². The molecule has 1 aromatic rings. The third-order valence-electron chi connectivity index (χ3n) is 4.12. The molecule has 20 heavy (non-hydrogen) atoms. The van der Waals surface area contributed by atoms with Gasteiger partial charge < -0.3 is 19.6 Å². The fraction of sp³-hybridized carbons (Fsp3) is 0.857. The first-order valence-electron chi connectivity index (χ1n) is 7.66. The zero-order valence-corrected chi connectivity index (χ0v) is 13.1. The first kappa shape index (κ1) is 15.3. The van der Waals surface area contributed by atoms with Crippen molar-refractivity contribution in [2.75, 3.05) is 44.7 Å². The van der Waals surface area contributed by atoms with Crippen LogP contribution in [0.1, 0.15) is 39.0 Å². The van der Waals surface area contributed by atoms with E-state index in [-0.39, 0.29) is 5.92 Å². The Morgan fingerprint density at radius 3 is 2.55 bits per heavy atom. The summed E-state index contributed by atoms with van der Waals surface area (Å²) in [7, 11) is 2.14. The molecule has 0 amide bonds. The van der Waals surface area contributed by atoms with E-state index in [0.717, 1.165) is 51.0 Å². The van der Waals surface area contributed by atoms with Gasteiger partial charge in [-0.3, -0.25) is 0 Å². The average molecular weight is 281 g/mol. The van der Waals surface area contributed by atoms with E-state index in [9.17, 15) is 0 Å². The minimum atomic E-state index is 0.244. The van der Waals surface area contributed by atoms with Crippen LogP contribution in [0.25, 0.3) is 0 Å². The molecule has 1 aliphatic heterocycles. The molecule has 0 aromatic carbocycles. The Balaban J connectivity index is 2.00. The summed E-state index contributed by atoms with van der Waals surface area (Å²) in [6, 6.07) is 0.390. The highest BCUT2D eigenvalue weighted by atomic mass is 16.5. The number of piperazine rings is 1. The molecule has 6 nitrogen and oxygen atoms in total. The molecule has 1 saturated heterocycles. The van der Waals surface area contributed by atoms with Crippen molar-refractivity contribution < 1.29 is 4.52 Å². The van der Waals surface area contributed by atoms with Gasteiger partial charge in [0, 0.05) is 32.2 Å². The van der Waals surface area contributed by atoms with Crippen LogP contribution >= 0.6 is 0 Å². The molecule has 2 rings (SSSR count). The third-order valence-corrected chi connectivity index (χ3v) is 4.12. The Morgan fingerprint density at radius 1 is 1.25 bits per heavy atom. The van der Waals surface area contributed by atoms with E-state index in [2.05, 4.69) is 53.1 Å². The summed E-state index contributed by atoms with van der Waals surface area (Å²) in [5, 5.41) is 7.63. The summed E-state index contributed by atoms with van der Waals surface area (Å²) < 4.78 is 5.48. The van der Waals surface area contributed by atoms with Crippen LogP contribution in [-0.2, 0) is 0 Å². The highest BCUT2D eigenvalue weighted by molar-refractivity contribution is 5.29. The number of hydrogen-bond donors (Lipinski definition) is 1. The fourth-order valence-electron chi connectivity index (χ4n) is 2.66. The van der Waals surface area contributed by atoms with Crippen LogP contribution in [0.2, 0.25) is 0 Å². The van der Waals surface area contributed by atoms with Crippen LogP contribution in [-0.4, -0.2) is 60.9 Å². The van der Waals surface area contributed by atoms with E-state index in [4.69, 9.17) is 4.52 Å². The van der Waals surface area contributed by atoms with Crippen LogP contribution in [0, 0.1) is 0 Å². The van der Waals surface area contributed by atoms with Crippen molar-refractivity contribution in [3.8, 4) is 0 Å². The van der Waals surface area contributed by atoms with Crippen molar-refractivity contribution in [2.24, 2.45) is 0 Å². The molecule has 1 fully saturated rings. The lowest BCUT2D eigenvalue weighted by Crippen LogP contribution is -2.45. The smallest absolute Gasteiger partial charge is 0.266 e. The molecule has 1 aromatic heterocycles. The molecule has 1 aliphatic rings. The van der Waals surface area contributed by atoms with E-state index >= 15 is 0 Å². The van der Waals surface area contributed by atoms with Gasteiger partial charge in [0.25, 0.3) is 5.95 Å². The molecule has 0 saturated carbocycles. The largest absolute Gasteiger partial charge is 0.337 e. The standard InChI is InChI=1S/C14H27N5O/c1-5-12(15-6-2)11(3)13-16-14(17-20-13)19-9-7-18(4)8-10-19/h11-12,15H,5-10H2,1-4H3. The van der Waals surface area contributed by atoms with E-state index in [1.54, 1.807) is 0 Å². The number of aromatic nitrogens is 2. The second kappa shape index (κ2) is 7.04. The van der Waals surface area contributed by atoms with Gasteiger partial charge >= 0.3 is 0 Å². The topological polar surface area (TPSA) is 57.4 Å². The Hall–Kier alpha value is -1.14. The van der Waals surface area contributed by atoms with E-state index in [0.29, 0.717) is 6.04 Å². The summed E-state index contributed by atoms with van der Waals surface area (Å²) in [6.07, 6.45) is 1.06. The average Bonchev–Trinajstić information content (AvgIpc) is 2.94. The molecule has 1 N–H and O–H groups in total. The third kappa shape index (κ3) is 3.49. The van der Waals surface area contributed by atoms with Crippen molar-refractivity contribution in [3.05, 3.63) is 5.89 Å². The minimum Gasteiger partial charge on any atom is -0.337 e. The van der Waals surface area contributed by atoms with Gasteiger partial charge in [-0.2, -0.15) is 4.98 Å². The van der Waals surface area contributed by atoms with Crippen LogP contribution in [0.3, 0.4) is 0 Å². The van der Waals surface area contributed by atoms with Crippen LogP contribution in [0.5, 0.6) is 0 Å². The maximum Gasteiger partial charge on any atom is 0.266 e. The summed E-state index contributed by atoms with van der Waals surface area (Å²) in [5.74, 6) is 1.73. The zero-order valence-electron chi connectivity index (χ0n) is 13.1. The van der Waals surface area contributed by atoms with Crippen LogP contribution < -0.4 is 10.2 Å². The molecule has 2 atom stereocenters. The SMILES string of the molecule is CCNC(CC)C(C)c1nc(N2CCN(C)CC2)no1. The predicted molar refractivity (Wildman–Crippen MR) is 80.2 cm³/mol. The first-order chi connectivity index (χ1) is 9.65. The van der Waals surface area contributed by atoms with Gasteiger partial charge in [0.15, 0.2) is 0 Å². The number of anilines is 1. The van der Waals surface area contributed by atoms with Crippen molar-refractivity contribution >= 4 is 5.95 Å². The Kier molecular flexibility index (Phi) is 5.37. The number of nitrogens with zero attached hydrogens (tertiary/aromatic N) is 4. The lowest BCUT2D eigenvalue weighted by atomic mass is 9.99. The number of likely N-dealkylation sites (N-methyl/N-ethyl adjacent to an activating group) is 2. The molecule has 0 radical (unpaired) electrons. The number of rotatable bonds is 6. The van der Waals surface area contributed by atoms with Crippen molar-refractivity contribution in [1.29, 1.82) is 0 Å². The molecule has 2 unspecified atom stereocenters. The van der Waals surface area contributed by atoms with E-state index < -0.39 is 0 Å². The Morgan fingerprint density at radius 2 is 1.95 bits per heavy atom. The Bertz CT molecular complexity index is 400. The van der Waals surface area contributed by atoms with Gasteiger partial charge in [-0.15, -0.1) is 0 Å². The Labute approximate surface area is 121 Å². The molecular formula is C14H27N5O. The van der Waals surface area contributed by atoms with Gasteiger partial charge in [-0.05, 0) is 25.2 Å². The second-order valence-corrected chi connectivity index (χ2v) is 5.58. The molecule has 0 aliphatic carbocycles. The molecule has 6 heteroatoms. The lowest BCUT2D eigenvalue weighted by molar-refractivity contribution is 0.305. The molecule has 114 valence electrons. The fourth-order valence-corrected chi connectivity index (χ4v) is 2.66. The number of nitrogens with one attached hydrogen (secondary N) is 1. The van der Waals surface area contributed by atoms with Crippen molar-refractivity contribution in [3.63, 3.8) is 0 Å². The maximum absolute atomic E-state index is 5.48. The molecular weight excluding hydrogens is 254 g/mol. The zero-order chi connectivity index (χ0) is 14.5. The second-order valence-electron chi connectivity index (χ2n) is 5.58. The van der Waals surface area contributed by atoms with Gasteiger partial charge in [0.1, 0.15) is 0 Å². The molecule has 0 spiro atoms. The summed E-state index contributed by atoms with van der Waals surface area (Å²) in [4.78, 5) is 9.12. The highest BCUT2D eigenvalue weighted by Crippen LogP contribution is 2.22. The summed E-state index contributed by atoms with van der Waals surface area (Å²) in [6.45, 7) is 11.5. The molecule has 0 bridgehead atoms. The van der Waals surface area contributed by atoms with Gasteiger partial charge in [-0.1, -0.05) is 20.8 Å². The lowest BCUT2D eigenvalue weighted by Gasteiger charge is -2.31. The van der Waals surface area contributed by atoms with Crippen LogP contribution in [0.15, 0.2) is 4.52 Å². The highest BCUT2D eigenvalue weighted by Gasteiger charge is 2.24. The van der Waals surface area contributed by atoms with Gasteiger partial charge in [0.2, 0.25) is 5.89 Å². The van der Waals surface area contributed by atoms with Crippen molar-refractivity contribution in [1.82, 2.24) is 20.4 Å². The van der Waals surface area contributed by atoms with Crippen molar-refractivity contribution in [2.45, 2.75) is 39.2 Å². The van der Waals surface area contributed by atoms with Gasteiger partial charge in [-0.25, -0.2) is 0 Å². The van der Waals surface area contributed by atoms with Crippen LogP contribution in [0.4, 0.5) is 5.95 Å². The molecule has 2 heterocycles. The maximum atomic E-state index is 5.48. The minimum absolute atomic E-state index is 0.244.